The summed E-state index contributed by atoms with van der Waals surface area (Å²) in [5.41, 5.74) is 0. The van der Waals surface area contributed by atoms with Crippen LogP contribution in [-0.2, 0) is 9.53 Å². The maximum Gasteiger partial charge on any atom is 0.409 e. The van der Waals surface area contributed by atoms with Gasteiger partial charge in [-0.05, 0) is 38.0 Å². The first-order valence-electron chi connectivity index (χ1n) is 7.65. The molecule has 1 unspecified atom stereocenters. The summed E-state index contributed by atoms with van der Waals surface area (Å²) < 4.78 is 4.70. The van der Waals surface area contributed by atoms with Crippen molar-refractivity contribution in [3.8, 4) is 0 Å². The summed E-state index contributed by atoms with van der Waals surface area (Å²) in [6.07, 6.45) is 1.12. The summed E-state index contributed by atoms with van der Waals surface area (Å²) in [6, 6.07) is 5.26. The monoisotopic (exact) mass is 390 g/mol. The zero-order chi connectivity index (χ0) is 17.7. The Labute approximate surface area is 156 Å². The van der Waals surface area contributed by atoms with Gasteiger partial charge in [0.15, 0.2) is 0 Å². The molecule has 0 radical (unpaired) electrons. The fourth-order valence-corrected chi connectivity index (χ4v) is 3.89. The maximum absolute atomic E-state index is 12.4. The fraction of sp³-hybridized carbons (Fsp3) is 0.500. The first-order valence-corrected chi connectivity index (χ1v) is 9.29. The number of hydrogen-bond donors (Lipinski definition) is 1. The van der Waals surface area contributed by atoms with Gasteiger partial charge in [-0.2, -0.15) is 0 Å². The number of amides is 2. The van der Waals surface area contributed by atoms with Gasteiger partial charge in [0.25, 0.3) is 0 Å². The van der Waals surface area contributed by atoms with Gasteiger partial charge in [-0.15, -0.1) is 11.8 Å². The predicted octanol–water partition coefficient (Wildman–Crippen LogP) is 3.82. The fourth-order valence-electron chi connectivity index (χ4n) is 2.47. The zero-order valence-corrected chi connectivity index (χ0v) is 15.9. The molecule has 0 saturated carbocycles. The van der Waals surface area contributed by atoms with Gasteiger partial charge in [-0.3, -0.25) is 4.79 Å². The molecular formula is C16H20Cl2N2O3S. The lowest BCUT2D eigenvalue weighted by Gasteiger charge is -2.31. The lowest BCUT2D eigenvalue weighted by Crippen LogP contribution is -2.48. The minimum Gasteiger partial charge on any atom is -0.453 e. The average molecular weight is 391 g/mol. The minimum atomic E-state index is -0.320. The molecule has 1 N–H and O–H groups in total. The molecule has 5 nitrogen and oxygen atoms in total. The first-order chi connectivity index (χ1) is 11.4. The lowest BCUT2D eigenvalue weighted by atomic mass is 10.1. The number of nitrogens with one attached hydrogen (secondary N) is 1. The van der Waals surface area contributed by atoms with E-state index >= 15 is 0 Å². The van der Waals surface area contributed by atoms with Gasteiger partial charge in [0.1, 0.15) is 0 Å². The topological polar surface area (TPSA) is 58.6 Å². The third-order valence-corrected chi connectivity index (χ3v) is 5.68. The number of carbonyl (C=O) groups is 2. The van der Waals surface area contributed by atoms with Crippen molar-refractivity contribution in [3.63, 3.8) is 0 Å². The van der Waals surface area contributed by atoms with E-state index in [9.17, 15) is 9.59 Å². The van der Waals surface area contributed by atoms with Crippen LogP contribution in [-0.4, -0.2) is 48.4 Å². The van der Waals surface area contributed by atoms with E-state index in [0.29, 0.717) is 23.1 Å². The first kappa shape index (κ1) is 19.2. The summed E-state index contributed by atoms with van der Waals surface area (Å²) >= 11 is 13.5. The normalized spacial score (nSPS) is 16.6. The molecule has 1 atom stereocenters. The van der Waals surface area contributed by atoms with Crippen molar-refractivity contribution in [2.75, 3.05) is 20.2 Å². The number of piperidine rings is 1. The molecule has 1 heterocycles. The highest BCUT2D eigenvalue weighted by Gasteiger charge is 2.26. The van der Waals surface area contributed by atoms with Crippen LogP contribution in [0.2, 0.25) is 10.0 Å². The molecule has 132 valence electrons. The molecule has 0 bridgehead atoms. The SMILES string of the molecule is COC(=O)N1CCC(NC(=O)C(C)Sc2cc(Cl)ccc2Cl)CC1. The van der Waals surface area contributed by atoms with Crippen molar-refractivity contribution in [1.29, 1.82) is 0 Å². The number of ether oxygens (including phenoxy) is 1. The van der Waals surface area contributed by atoms with Crippen molar-refractivity contribution in [2.24, 2.45) is 0 Å². The molecule has 2 rings (SSSR count). The van der Waals surface area contributed by atoms with E-state index in [2.05, 4.69) is 5.32 Å². The van der Waals surface area contributed by atoms with Gasteiger partial charge in [0, 0.05) is 29.0 Å². The van der Waals surface area contributed by atoms with Gasteiger partial charge in [-0.1, -0.05) is 23.2 Å². The number of rotatable bonds is 4. The molecule has 1 saturated heterocycles. The van der Waals surface area contributed by atoms with E-state index in [0.717, 1.165) is 17.7 Å². The van der Waals surface area contributed by atoms with Crippen molar-refractivity contribution >= 4 is 47.0 Å². The van der Waals surface area contributed by atoms with E-state index < -0.39 is 0 Å². The molecular weight excluding hydrogens is 371 g/mol. The van der Waals surface area contributed by atoms with E-state index in [1.54, 1.807) is 23.1 Å². The van der Waals surface area contributed by atoms with Crippen LogP contribution in [0.5, 0.6) is 0 Å². The Morgan fingerprint density at radius 3 is 2.62 bits per heavy atom. The number of hydrogen-bond acceptors (Lipinski definition) is 4. The molecule has 1 aromatic carbocycles. The third-order valence-electron chi connectivity index (χ3n) is 3.84. The van der Waals surface area contributed by atoms with E-state index in [1.807, 2.05) is 6.92 Å². The summed E-state index contributed by atoms with van der Waals surface area (Å²) in [4.78, 5) is 26.3. The summed E-state index contributed by atoms with van der Waals surface area (Å²) in [6.45, 7) is 3.00. The van der Waals surface area contributed by atoms with Crippen LogP contribution in [0.15, 0.2) is 23.1 Å². The van der Waals surface area contributed by atoms with Crippen LogP contribution in [0.3, 0.4) is 0 Å². The van der Waals surface area contributed by atoms with Gasteiger partial charge in [0.2, 0.25) is 5.91 Å². The van der Waals surface area contributed by atoms with Gasteiger partial charge in [0.05, 0.1) is 17.4 Å². The molecule has 8 heteroatoms. The molecule has 0 spiro atoms. The molecule has 1 aromatic rings. The molecule has 2 amide bonds. The molecule has 1 fully saturated rings. The van der Waals surface area contributed by atoms with Crippen molar-refractivity contribution in [2.45, 2.75) is 36.0 Å². The highest BCUT2D eigenvalue weighted by Crippen LogP contribution is 2.32. The smallest absolute Gasteiger partial charge is 0.409 e. The standard InChI is InChI=1S/C16H20Cl2N2O3S/c1-10(24-14-9-11(17)3-4-13(14)18)15(21)19-12-5-7-20(8-6-12)16(22)23-2/h3-4,9-10,12H,5-8H2,1-2H3,(H,19,21). The summed E-state index contributed by atoms with van der Waals surface area (Å²) in [5, 5.41) is 3.91. The van der Waals surface area contributed by atoms with Gasteiger partial charge >= 0.3 is 6.09 Å². The molecule has 0 aromatic heterocycles. The summed E-state index contributed by atoms with van der Waals surface area (Å²) in [7, 11) is 1.37. The average Bonchev–Trinajstić information content (AvgIpc) is 2.58. The summed E-state index contributed by atoms with van der Waals surface area (Å²) in [5.74, 6) is -0.0486. The van der Waals surface area contributed by atoms with Gasteiger partial charge < -0.3 is 15.0 Å². The Kier molecular flexibility index (Phi) is 7.07. The van der Waals surface area contributed by atoms with E-state index in [4.69, 9.17) is 27.9 Å². The molecule has 1 aliphatic heterocycles. The second-order valence-corrected chi connectivity index (χ2v) is 7.80. The minimum absolute atomic E-state index is 0.0486. The van der Waals surface area contributed by atoms with Crippen LogP contribution >= 0.6 is 35.0 Å². The highest BCUT2D eigenvalue weighted by molar-refractivity contribution is 8.00. The number of methoxy groups -OCH3 is 1. The maximum atomic E-state index is 12.4. The second kappa shape index (κ2) is 8.83. The Hall–Kier alpha value is -1.11. The lowest BCUT2D eigenvalue weighted by molar-refractivity contribution is -0.121. The molecule has 1 aliphatic rings. The predicted molar refractivity (Wildman–Crippen MR) is 96.9 cm³/mol. The van der Waals surface area contributed by atoms with Crippen LogP contribution < -0.4 is 5.32 Å². The van der Waals surface area contributed by atoms with Crippen LogP contribution in [0.4, 0.5) is 4.79 Å². The molecule has 0 aliphatic carbocycles. The van der Waals surface area contributed by atoms with Crippen LogP contribution in [0.25, 0.3) is 0 Å². The van der Waals surface area contributed by atoms with Crippen molar-refractivity contribution < 1.29 is 14.3 Å². The third kappa shape index (κ3) is 5.19. The number of nitrogens with zero attached hydrogens (tertiary/aromatic N) is 1. The van der Waals surface area contributed by atoms with E-state index in [1.165, 1.54) is 18.9 Å². The van der Waals surface area contributed by atoms with Gasteiger partial charge in [-0.25, -0.2) is 4.79 Å². The molecule has 24 heavy (non-hydrogen) atoms. The number of halogens is 2. The number of likely N-dealkylation sites (tertiary alicyclic amines) is 1. The Morgan fingerprint density at radius 1 is 1.33 bits per heavy atom. The van der Waals surface area contributed by atoms with Crippen LogP contribution in [0.1, 0.15) is 19.8 Å². The quantitative estimate of drug-likeness (QED) is 0.793. The number of carbonyl (C=O) groups excluding carboxylic acids is 2. The largest absolute Gasteiger partial charge is 0.453 e. The Bertz CT molecular complexity index is 607. The van der Waals surface area contributed by atoms with Crippen LogP contribution in [0, 0.1) is 0 Å². The Balaban J connectivity index is 1.84. The highest BCUT2D eigenvalue weighted by atomic mass is 35.5. The number of thioether (sulfide) groups is 1. The zero-order valence-electron chi connectivity index (χ0n) is 13.6. The van der Waals surface area contributed by atoms with E-state index in [-0.39, 0.29) is 23.3 Å². The number of benzene rings is 1. The second-order valence-electron chi connectivity index (χ2n) is 5.57. The van der Waals surface area contributed by atoms with Crippen molar-refractivity contribution in [1.82, 2.24) is 10.2 Å². The Morgan fingerprint density at radius 2 is 2.00 bits per heavy atom. The van der Waals surface area contributed by atoms with Crippen molar-refractivity contribution in [3.05, 3.63) is 28.2 Å².